The molecule has 0 spiro atoms. The quantitative estimate of drug-likeness (QED) is 0.754. The molecule has 0 heterocycles. The van der Waals surface area contributed by atoms with Gasteiger partial charge in [0.05, 0.1) is 0 Å². The molecule has 1 nitrogen and oxygen atoms in total. The Morgan fingerprint density at radius 2 is 1.62 bits per heavy atom. The van der Waals surface area contributed by atoms with Crippen LogP contribution in [0.25, 0.3) is 0 Å². The van der Waals surface area contributed by atoms with E-state index in [2.05, 4.69) is 61.6 Å². The third-order valence-corrected chi connectivity index (χ3v) is 4.13. The Balaban J connectivity index is 2.04. The second-order valence-electron chi connectivity index (χ2n) is 5.80. The predicted molar refractivity (Wildman–Crippen MR) is 92.1 cm³/mol. The van der Waals surface area contributed by atoms with Gasteiger partial charge < -0.3 is 5.32 Å². The third-order valence-electron chi connectivity index (χ3n) is 3.76. The molecule has 2 rings (SSSR count). The predicted octanol–water partition coefficient (Wildman–Crippen LogP) is 5.05. The smallest absolute Gasteiger partial charge is 0.0437 e. The molecule has 0 radical (unpaired) electrons. The zero-order chi connectivity index (χ0) is 15.1. The molecule has 1 N–H and O–H groups in total. The van der Waals surface area contributed by atoms with Gasteiger partial charge in [-0.2, -0.15) is 0 Å². The van der Waals surface area contributed by atoms with Gasteiger partial charge in [0.2, 0.25) is 0 Å². The van der Waals surface area contributed by atoms with Gasteiger partial charge >= 0.3 is 0 Å². The Morgan fingerprint density at radius 3 is 2.29 bits per heavy atom. The molecule has 1 atom stereocenters. The third kappa shape index (κ3) is 5.18. The molecule has 112 valence electrons. The van der Waals surface area contributed by atoms with Crippen LogP contribution in [0.5, 0.6) is 0 Å². The van der Waals surface area contributed by atoms with Crippen LogP contribution in [0.2, 0.25) is 5.02 Å². The van der Waals surface area contributed by atoms with Gasteiger partial charge in [-0.1, -0.05) is 74.0 Å². The van der Waals surface area contributed by atoms with Crippen LogP contribution in [0, 0.1) is 0 Å². The summed E-state index contributed by atoms with van der Waals surface area (Å²) in [5, 5.41) is 4.44. The first kappa shape index (κ1) is 16.1. The summed E-state index contributed by atoms with van der Waals surface area (Å²) in [5.74, 6) is 0.518. The lowest BCUT2D eigenvalue weighted by molar-refractivity contribution is 0.508. The maximum Gasteiger partial charge on any atom is 0.0437 e. The van der Waals surface area contributed by atoms with E-state index in [1.807, 2.05) is 12.1 Å². The SMILES string of the molecule is CC(C)NCC(CCc1ccccc1Cl)c1ccccc1. The molecule has 2 heteroatoms. The molecular weight excluding hydrogens is 278 g/mol. The average molecular weight is 302 g/mol. The lowest BCUT2D eigenvalue weighted by atomic mass is 9.92. The largest absolute Gasteiger partial charge is 0.314 e. The van der Waals surface area contributed by atoms with Gasteiger partial charge in [0.25, 0.3) is 0 Å². The summed E-state index contributed by atoms with van der Waals surface area (Å²) in [6, 6.07) is 19.4. The minimum absolute atomic E-state index is 0.511. The van der Waals surface area contributed by atoms with Crippen molar-refractivity contribution < 1.29 is 0 Å². The normalized spacial score (nSPS) is 12.6. The van der Waals surface area contributed by atoms with E-state index in [-0.39, 0.29) is 0 Å². The van der Waals surface area contributed by atoms with Crippen LogP contribution >= 0.6 is 11.6 Å². The molecule has 21 heavy (non-hydrogen) atoms. The number of hydrogen-bond acceptors (Lipinski definition) is 1. The van der Waals surface area contributed by atoms with Crippen LogP contribution in [-0.4, -0.2) is 12.6 Å². The van der Waals surface area contributed by atoms with Crippen molar-refractivity contribution in [1.82, 2.24) is 5.32 Å². The molecule has 2 aromatic rings. The fraction of sp³-hybridized carbons (Fsp3) is 0.368. The minimum Gasteiger partial charge on any atom is -0.314 e. The number of aryl methyl sites for hydroxylation is 1. The van der Waals surface area contributed by atoms with E-state index in [1.54, 1.807) is 0 Å². The zero-order valence-corrected chi connectivity index (χ0v) is 13.6. The van der Waals surface area contributed by atoms with E-state index in [4.69, 9.17) is 11.6 Å². The van der Waals surface area contributed by atoms with Crippen LogP contribution in [0.3, 0.4) is 0 Å². The van der Waals surface area contributed by atoms with E-state index in [9.17, 15) is 0 Å². The second-order valence-corrected chi connectivity index (χ2v) is 6.21. The Hall–Kier alpha value is -1.31. The second kappa shape index (κ2) is 8.21. The van der Waals surface area contributed by atoms with Crippen molar-refractivity contribution in [3.8, 4) is 0 Å². The van der Waals surface area contributed by atoms with E-state index >= 15 is 0 Å². The minimum atomic E-state index is 0.511. The molecule has 0 aromatic heterocycles. The number of nitrogens with one attached hydrogen (secondary N) is 1. The topological polar surface area (TPSA) is 12.0 Å². The first-order valence-corrected chi connectivity index (χ1v) is 8.06. The van der Waals surface area contributed by atoms with E-state index in [0.29, 0.717) is 12.0 Å². The first-order valence-electron chi connectivity index (χ1n) is 7.68. The summed E-state index contributed by atoms with van der Waals surface area (Å²) < 4.78 is 0. The molecule has 0 amide bonds. The molecule has 0 aliphatic carbocycles. The van der Waals surface area contributed by atoms with Crippen LogP contribution in [-0.2, 0) is 6.42 Å². The van der Waals surface area contributed by atoms with Gasteiger partial charge in [0.15, 0.2) is 0 Å². The lowest BCUT2D eigenvalue weighted by Gasteiger charge is -2.20. The average Bonchev–Trinajstić information content (AvgIpc) is 2.49. The fourth-order valence-corrected chi connectivity index (χ4v) is 2.75. The monoisotopic (exact) mass is 301 g/mol. The molecule has 0 aliphatic heterocycles. The van der Waals surface area contributed by atoms with Gasteiger partial charge in [-0.3, -0.25) is 0 Å². The molecule has 0 aliphatic rings. The van der Waals surface area contributed by atoms with Crippen LogP contribution < -0.4 is 5.32 Å². The molecule has 0 saturated heterocycles. The fourth-order valence-electron chi connectivity index (χ4n) is 2.52. The summed E-state index contributed by atoms with van der Waals surface area (Å²) in [5.41, 5.74) is 2.64. The molecule has 2 aromatic carbocycles. The van der Waals surface area contributed by atoms with Gasteiger partial charge in [0.1, 0.15) is 0 Å². The van der Waals surface area contributed by atoms with Crippen LogP contribution in [0.4, 0.5) is 0 Å². The first-order chi connectivity index (χ1) is 10.2. The summed E-state index contributed by atoms with van der Waals surface area (Å²) in [6.07, 6.45) is 2.12. The summed E-state index contributed by atoms with van der Waals surface area (Å²) >= 11 is 6.27. The number of benzene rings is 2. The highest BCUT2D eigenvalue weighted by molar-refractivity contribution is 6.31. The van der Waals surface area contributed by atoms with Crippen LogP contribution in [0.15, 0.2) is 54.6 Å². The number of halogens is 1. The summed E-state index contributed by atoms with van der Waals surface area (Å²) in [7, 11) is 0. The Bertz CT molecular complexity index is 536. The lowest BCUT2D eigenvalue weighted by Crippen LogP contribution is -2.28. The maximum absolute atomic E-state index is 6.27. The highest BCUT2D eigenvalue weighted by atomic mass is 35.5. The Labute approximate surface area is 133 Å². The standard InChI is InChI=1S/C19H24ClN/c1-15(2)21-14-18(16-8-4-3-5-9-16)13-12-17-10-6-7-11-19(17)20/h3-11,15,18,21H,12-14H2,1-2H3. The molecule has 0 fully saturated rings. The maximum atomic E-state index is 6.27. The van der Waals surface area contributed by atoms with E-state index < -0.39 is 0 Å². The van der Waals surface area contributed by atoms with Gasteiger partial charge in [0, 0.05) is 17.6 Å². The number of hydrogen-bond donors (Lipinski definition) is 1. The van der Waals surface area contributed by atoms with Crippen molar-refractivity contribution in [3.63, 3.8) is 0 Å². The van der Waals surface area contributed by atoms with Gasteiger partial charge in [-0.05, 0) is 36.0 Å². The molecule has 1 unspecified atom stereocenters. The number of rotatable bonds is 7. The van der Waals surface area contributed by atoms with E-state index in [1.165, 1.54) is 11.1 Å². The van der Waals surface area contributed by atoms with Crippen molar-refractivity contribution in [2.75, 3.05) is 6.54 Å². The highest BCUT2D eigenvalue weighted by Crippen LogP contribution is 2.24. The van der Waals surface area contributed by atoms with Crippen molar-refractivity contribution in [2.45, 2.75) is 38.6 Å². The summed E-state index contributed by atoms with van der Waals surface area (Å²) in [6.45, 7) is 5.39. The van der Waals surface area contributed by atoms with Crippen molar-refractivity contribution in [3.05, 3.63) is 70.7 Å². The molecule has 0 bridgehead atoms. The van der Waals surface area contributed by atoms with Crippen molar-refractivity contribution >= 4 is 11.6 Å². The summed E-state index contributed by atoms with van der Waals surface area (Å²) in [4.78, 5) is 0. The van der Waals surface area contributed by atoms with Crippen molar-refractivity contribution in [2.24, 2.45) is 0 Å². The molecule has 0 saturated carbocycles. The zero-order valence-electron chi connectivity index (χ0n) is 12.9. The van der Waals surface area contributed by atoms with Gasteiger partial charge in [-0.15, -0.1) is 0 Å². The van der Waals surface area contributed by atoms with Crippen molar-refractivity contribution in [1.29, 1.82) is 0 Å². The van der Waals surface area contributed by atoms with Gasteiger partial charge in [-0.25, -0.2) is 0 Å². The van der Waals surface area contributed by atoms with Crippen LogP contribution in [0.1, 0.15) is 37.3 Å². The highest BCUT2D eigenvalue weighted by Gasteiger charge is 2.12. The Morgan fingerprint density at radius 1 is 0.952 bits per heavy atom. The van der Waals surface area contributed by atoms with E-state index in [0.717, 1.165) is 24.4 Å². The molecular formula is C19H24ClN. The Kier molecular flexibility index (Phi) is 6.28.